The molecule has 0 unspecified atom stereocenters. The smallest absolute Gasteiger partial charge is 0.163 e. The van der Waals surface area contributed by atoms with Gasteiger partial charge in [-0.2, -0.15) is 5.06 Å². The van der Waals surface area contributed by atoms with Gasteiger partial charge in [-0.1, -0.05) is 30.3 Å². The molecule has 5 heteroatoms. The Morgan fingerprint density at radius 2 is 2.05 bits per heavy atom. The number of aliphatic hydroxyl groups excluding tert-OH is 1. The van der Waals surface area contributed by atoms with Gasteiger partial charge in [0.15, 0.2) is 5.78 Å². The average molecular weight is 291 g/mol. The largest absolute Gasteiger partial charge is 0.394 e. The number of carbonyl (C=O) groups excluding carboxylic acids is 1. The molecule has 2 saturated heterocycles. The topological polar surface area (TPSA) is 59.0 Å². The second-order valence-electron chi connectivity index (χ2n) is 6.20. The van der Waals surface area contributed by atoms with Gasteiger partial charge >= 0.3 is 0 Å². The van der Waals surface area contributed by atoms with Gasteiger partial charge < -0.3 is 9.84 Å². The van der Waals surface area contributed by atoms with Crippen LogP contribution in [-0.4, -0.2) is 46.9 Å². The molecule has 5 nitrogen and oxygen atoms in total. The fraction of sp³-hybridized carbons (Fsp3) is 0.562. The number of ketones is 1. The number of Topliss-reactive ketones (excluding diaryl/α,β-unsaturated/α-hetero) is 1. The third-order valence-electron chi connectivity index (χ3n) is 4.36. The molecule has 0 saturated carbocycles. The van der Waals surface area contributed by atoms with Crippen molar-refractivity contribution in [3.63, 3.8) is 0 Å². The van der Waals surface area contributed by atoms with E-state index in [1.54, 1.807) is 5.06 Å². The summed E-state index contributed by atoms with van der Waals surface area (Å²) >= 11 is 0. The van der Waals surface area contributed by atoms with E-state index in [1.165, 1.54) is 0 Å². The summed E-state index contributed by atoms with van der Waals surface area (Å²) in [6.45, 7) is 4.40. The maximum absolute atomic E-state index is 12.7. The lowest BCUT2D eigenvalue weighted by atomic mass is 9.79. The molecule has 2 aliphatic heterocycles. The van der Waals surface area contributed by atoms with Crippen molar-refractivity contribution >= 4 is 5.78 Å². The van der Waals surface area contributed by atoms with Crippen LogP contribution in [0.4, 0.5) is 0 Å². The molecule has 0 spiro atoms. The van der Waals surface area contributed by atoms with Gasteiger partial charge in [-0.05, 0) is 19.4 Å². The summed E-state index contributed by atoms with van der Waals surface area (Å²) < 4.78 is 5.94. The summed E-state index contributed by atoms with van der Waals surface area (Å²) in [5.74, 6) is -0.176. The first kappa shape index (κ1) is 14.7. The minimum Gasteiger partial charge on any atom is -0.394 e. The molecule has 2 aliphatic rings. The van der Waals surface area contributed by atoms with Gasteiger partial charge in [-0.3, -0.25) is 9.63 Å². The van der Waals surface area contributed by atoms with Crippen molar-refractivity contribution in [1.82, 2.24) is 5.06 Å². The molecule has 1 N–H and O–H groups in total. The highest BCUT2D eigenvalue weighted by molar-refractivity contribution is 5.89. The molecular formula is C16H21NO4. The van der Waals surface area contributed by atoms with Crippen LogP contribution in [0.5, 0.6) is 0 Å². The lowest BCUT2D eigenvalue weighted by molar-refractivity contribution is -0.297. The predicted molar refractivity (Wildman–Crippen MR) is 76.3 cm³/mol. The Balaban J connectivity index is 1.84. The Labute approximate surface area is 124 Å². The Morgan fingerprint density at radius 3 is 2.71 bits per heavy atom. The maximum atomic E-state index is 12.7. The van der Waals surface area contributed by atoms with Crippen molar-refractivity contribution in [3.05, 3.63) is 35.9 Å². The van der Waals surface area contributed by atoms with Crippen LogP contribution >= 0.6 is 0 Å². The van der Waals surface area contributed by atoms with E-state index in [1.807, 2.05) is 44.2 Å². The first-order valence-electron chi connectivity index (χ1n) is 7.29. The quantitative estimate of drug-likeness (QED) is 0.905. The minimum atomic E-state index is -0.597. The van der Waals surface area contributed by atoms with E-state index < -0.39 is 17.7 Å². The van der Waals surface area contributed by atoms with E-state index >= 15 is 0 Å². The Bertz CT molecular complexity index is 516. The van der Waals surface area contributed by atoms with Crippen LogP contribution in [0.1, 0.15) is 19.4 Å². The summed E-state index contributed by atoms with van der Waals surface area (Å²) in [5.41, 5.74) is 0.463. The standard InChI is InChI=1S/C16H21NO4/c1-16(2)12-10-20-17(8-11-6-4-3-5-7-11)14(15(12)19)13(9-18)21-16/h3-7,12-14,18H,8-10H2,1-2H3/t12-,13+,14-/m0/s1. The second kappa shape index (κ2) is 5.50. The van der Waals surface area contributed by atoms with Crippen molar-refractivity contribution in [2.24, 2.45) is 5.92 Å². The van der Waals surface area contributed by atoms with Crippen molar-refractivity contribution in [3.8, 4) is 0 Å². The van der Waals surface area contributed by atoms with Crippen LogP contribution in [0.25, 0.3) is 0 Å². The van der Waals surface area contributed by atoms with Gasteiger partial charge in [0.25, 0.3) is 0 Å². The monoisotopic (exact) mass is 291 g/mol. The zero-order chi connectivity index (χ0) is 15.0. The molecule has 114 valence electrons. The first-order valence-corrected chi connectivity index (χ1v) is 7.29. The van der Waals surface area contributed by atoms with Crippen LogP contribution in [-0.2, 0) is 20.9 Å². The number of fused-ring (bicyclic) bond motifs is 2. The average Bonchev–Trinajstić information content (AvgIpc) is 2.45. The van der Waals surface area contributed by atoms with Crippen LogP contribution in [0.2, 0.25) is 0 Å². The Hall–Kier alpha value is -1.27. The summed E-state index contributed by atoms with van der Waals surface area (Å²) in [7, 11) is 0. The lowest BCUT2D eigenvalue weighted by Gasteiger charge is -2.51. The van der Waals surface area contributed by atoms with E-state index in [0.717, 1.165) is 5.56 Å². The van der Waals surface area contributed by atoms with E-state index in [0.29, 0.717) is 13.2 Å². The van der Waals surface area contributed by atoms with Crippen molar-refractivity contribution in [2.75, 3.05) is 13.2 Å². The number of ether oxygens (including phenoxy) is 1. The molecule has 2 fully saturated rings. The number of benzene rings is 1. The summed E-state index contributed by atoms with van der Waals surface area (Å²) in [5, 5.41) is 11.2. The number of rotatable bonds is 3. The first-order chi connectivity index (χ1) is 10.0. The van der Waals surface area contributed by atoms with Gasteiger partial charge in [0.05, 0.1) is 31.3 Å². The highest BCUT2D eigenvalue weighted by Crippen LogP contribution is 2.37. The van der Waals surface area contributed by atoms with Crippen molar-refractivity contribution in [2.45, 2.75) is 38.1 Å². The van der Waals surface area contributed by atoms with Gasteiger partial charge in [-0.15, -0.1) is 0 Å². The van der Waals surface area contributed by atoms with Crippen LogP contribution in [0.3, 0.4) is 0 Å². The fourth-order valence-corrected chi connectivity index (χ4v) is 3.17. The third-order valence-corrected chi connectivity index (χ3v) is 4.36. The summed E-state index contributed by atoms with van der Waals surface area (Å²) in [4.78, 5) is 18.5. The molecular weight excluding hydrogens is 270 g/mol. The highest BCUT2D eigenvalue weighted by Gasteiger charge is 2.54. The summed E-state index contributed by atoms with van der Waals surface area (Å²) in [6, 6.07) is 9.29. The number of hydroxylamine groups is 2. The number of hydrogen-bond donors (Lipinski definition) is 1. The molecule has 3 rings (SSSR count). The zero-order valence-corrected chi connectivity index (χ0v) is 12.4. The molecule has 3 atom stereocenters. The van der Waals surface area contributed by atoms with Gasteiger partial charge in [0, 0.05) is 0 Å². The number of hydrogen-bond acceptors (Lipinski definition) is 5. The number of carbonyl (C=O) groups is 1. The predicted octanol–water partition coefficient (Wildman–Crippen LogP) is 1.16. The van der Waals surface area contributed by atoms with Crippen LogP contribution in [0, 0.1) is 5.92 Å². The SMILES string of the molecule is CC1(C)O[C@H](CO)[C@H]2C(=O)[C@@H]1CON2Cc1ccccc1. The van der Waals surface area contributed by atoms with Crippen LogP contribution in [0.15, 0.2) is 30.3 Å². The van der Waals surface area contributed by atoms with E-state index in [9.17, 15) is 9.90 Å². The van der Waals surface area contributed by atoms with Gasteiger partial charge in [-0.25, -0.2) is 0 Å². The van der Waals surface area contributed by atoms with E-state index in [4.69, 9.17) is 9.57 Å². The van der Waals surface area contributed by atoms with Crippen LogP contribution < -0.4 is 0 Å². The van der Waals surface area contributed by atoms with Crippen molar-refractivity contribution < 1.29 is 19.5 Å². The van der Waals surface area contributed by atoms with Crippen molar-refractivity contribution in [1.29, 1.82) is 0 Å². The molecule has 2 bridgehead atoms. The molecule has 1 aromatic carbocycles. The molecule has 0 radical (unpaired) electrons. The number of aliphatic hydroxyl groups is 1. The molecule has 1 aromatic rings. The van der Waals surface area contributed by atoms with E-state index in [2.05, 4.69) is 0 Å². The highest BCUT2D eigenvalue weighted by atomic mass is 16.7. The third kappa shape index (κ3) is 2.62. The Kier molecular flexibility index (Phi) is 3.84. The maximum Gasteiger partial charge on any atom is 0.163 e. The van der Waals surface area contributed by atoms with Gasteiger partial charge in [0.2, 0.25) is 0 Å². The summed E-state index contributed by atoms with van der Waals surface area (Å²) in [6.07, 6.45) is -0.548. The minimum absolute atomic E-state index is 0.104. The fourth-order valence-electron chi connectivity index (χ4n) is 3.17. The zero-order valence-electron chi connectivity index (χ0n) is 12.4. The second-order valence-corrected chi connectivity index (χ2v) is 6.20. The molecule has 2 heterocycles. The van der Waals surface area contributed by atoms with Gasteiger partial charge in [0.1, 0.15) is 12.1 Å². The molecule has 21 heavy (non-hydrogen) atoms. The molecule has 0 aromatic heterocycles. The normalized spacial score (nSPS) is 32.1. The molecule has 0 aliphatic carbocycles. The Morgan fingerprint density at radius 1 is 1.33 bits per heavy atom. The number of nitrogens with zero attached hydrogens (tertiary/aromatic N) is 1. The molecule has 0 amide bonds. The lowest BCUT2D eigenvalue weighted by Crippen LogP contribution is -2.67. The van der Waals surface area contributed by atoms with E-state index in [-0.39, 0.29) is 18.3 Å².